The van der Waals surface area contributed by atoms with Crippen LogP contribution in [0.25, 0.3) is 0 Å². The minimum atomic E-state index is 0.00387. The smallest absolute Gasteiger partial charge is 0.256 e. The van der Waals surface area contributed by atoms with E-state index in [2.05, 4.69) is 13.8 Å². The van der Waals surface area contributed by atoms with E-state index < -0.39 is 0 Å². The Bertz CT molecular complexity index is 483. The molecular weight excluding hydrogens is 240 g/mol. The van der Waals surface area contributed by atoms with Crippen molar-refractivity contribution in [3.8, 4) is 5.75 Å². The largest absolute Gasteiger partial charge is 0.495 e. The van der Waals surface area contributed by atoms with Crippen molar-refractivity contribution in [3.63, 3.8) is 0 Å². The zero-order chi connectivity index (χ0) is 14.0. The summed E-state index contributed by atoms with van der Waals surface area (Å²) in [6.07, 6.45) is 2.20. The molecule has 0 aliphatic carbocycles. The Morgan fingerprint density at radius 1 is 1.42 bits per heavy atom. The highest BCUT2D eigenvalue weighted by Gasteiger charge is 2.30. The second kappa shape index (κ2) is 5.11. The minimum Gasteiger partial charge on any atom is -0.495 e. The lowest BCUT2D eigenvalue weighted by Crippen LogP contribution is -2.43. The number of nitrogen functional groups attached to an aromatic ring is 1. The number of carbonyl (C=O) groups is 1. The zero-order valence-electron chi connectivity index (χ0n) is 11.9. The molecule has 0 bridgehead atoms. The number of likely N-dealkylation sites (tertiary alicyclic amines) is 1. The topological polar surface area (TPSA) is 55.6 Å². The molecule has 0 radical (unpaired) electrons. The van der Waals surface area contributed by atoms with Gasteiger partial charge < -0.3 is 15.4 Å². The van der Waals surface area contributed by atoms with Gasteiger partial charge in [0.1, 0.15) is 5.75 Å². The number of hydrogen-bond acceptors (Lipinski definition) is 3. The Kier molecular flexibility index (Phi) is 3.69. The van der Waals surface area contributed by atoms with Gasteiger partial charge in [0, 0.05) is 13.1 Å². The molecule has 1 aromatic rings. The van der Waals surface area contributed by atoms with Crippen LogP contribution in [-0.2, 0) is 0 Å². The summed E-state index contributed by atoms with van der Waals surface area (Å²) >= 11 is 0. The van der Waals surface area contributed by atoms with E-state index in [1.54, 1.807) is 25.3 Å². The van der Waals surface area contributed by atoms with E-state index in [1.165, 1.54) is 0 Å². The predicted octanol–water partition coefficient (Wildman–Crippen LogP) is 2.54. The van der Waals surface area contributed by atoms with Crippen LogP contribution in [0.5, 0.6) is 5.75 Å². The maximum absolute atomic E-state index is 12.6. The number of rotatable bonds is 2. The van der Waals surface area contributed by atoms with E-state index in [-0.39, 0.29) is 11.3 Å². The van der Waals surface area contributed by atoms with Crippen LogP contribution in [0, 0.1) is 5.41 Å². The Balaban J connectivity index is 2.25. The first-order chi connectivity index (χ1) is 8.94. The summed E-state index contributed by atoms with van der Waals surface area (Å²) in [5.74, 6) is 0.561. The first-order valence-electron chi connectivity index (χ1n) is 6.66. The molecule has 0 atom stereocenters. The summed E-state index contributed by atoms with van der Waals surface area (Å²) < 4.78 is 5.17. The number of methoxy groups -OCH3 is 1. The highest BCUT2D eigenvalue weighted by molar-refractivity contribution is 6.00. The van der Waals surface area contributed by atoms with E-state index >= 15 is 0 Å². The molecule has 1 aromatic carbocycles. The van der Waals surface area contributed by atoms with Crippen molar-refractivity contribution in [2.45, 2.75) is 26.7 Å². The number of nitrogens with zero attached hydrogens (tertiary/aromatic N) is 1. The van der Waals surface area contributed by atoms with Crippen LogP contribution < -0.4 is 10.5 Å². The maximum atomic E-state index is 12.6. The number of ether oxygens (including phenoxy) is 1. The lowest BCUT2D eigenvalue weighted by molar-refractivity contribution is 0.0584. The van der Waals surface area contributed by atoms with Crippen molar-refractivity contribution < 1.29 is 9.53 Å². The summed E-state index contributed by atoms with van der Waals surface area (Å²) in [6.45, 7) is 5.98. The van der Waals surface area contributed by atoms with E-state index in [0.29, 0.717) is 17.0 Å². The van der Waals surface area contributed by atoms with Crippen LogP contribution >= 0.6 is 0 Å². The van der Waals surface area contributed by atoms with Crippen LogP contribution in [0.3, 0.4) is 0 Å². The average Bonchev–Trinajstić information content (AvgIpc) is 2.37. The van der Waals surface area contributed by atoms with Crippen LogP contribution in [0.4, 0.5) is 5.69 Å². The van der Waals surface area contributed by atoms with Crippen molar-refractivity contribution in [2.75, 3.05) is 25.9 Å². The predicted molar refractivity (Wildman–Crippen MR) is 76.3 cm³/mol. The normalized spacial score (nSPS) is 18.2. The van der Waals surface area contributed by atoms with Crippen molar-refractivity contribution >= 4 is 11.6 Å². The van der Waals surface area contributed by atoms with Gasteiger partial charge in [0.05, 0.1) is 18.4 Å². The fourth-order valence-corrected chi connectivity index (χ4v) is 2.68. The first kappa shape index (κ1) is 13.7. The summed E-state index contributed by atoms with van der Waals surface area (Å²) in [7, 11) is 1.56. The van der Waals surface area contributed by atoms with E-state index in [0.717, 1.165) is 25.9 Å². The first-order valence-corrected chi connectivity index (χ1v) is 6.66. The van der Waals surface area contributed by atoms with Gasteiger partial charge in [-0.25, -0.2) is 0 Å². The average molecular weight is 262 g/mol. The number of nitrogens with two attached hydrogens (primary N) is 1. The summed E-state index contributed by atoms with van der Waals surface area (Å²) in [5.41, 5.74) is 7.15. The highest BCUT2D eigenvalue weighted by Crippen LogP contribution is 2.31. The summed E-state index contributed by atoms with van der Waals surface area (Å²) in [4.78, 5) is 14.5. The molecule has 0 spiro atoms. The Labute approximate surface area is 114 Å². The van der Waals surface area contributed by atoms with Gasteiger partial charge in [0.2, 0.25) is 0 Å². The molecule has 0 aromatic heterocycles. The second-order valence-electron chi connectivity index (χ2n) is 5.92. The highest BCUT2D eigenvalue weighted by atomic mass is 16.5. The number of para-hydroxylation sites is 1. The van der Waals surface area contributed by atoms with Gasteiger partial charge in [-0.2, -0.15) is 0 Å². The number of anilines is 1. The quantitative estimate of drug-likeness (QED) is 0.833. The second-order valence-corrected chi connectivity index (χ2v) is 5.92. The van der Waals surface area contributed by atoms with Gasteiger partial charge in [-0.1, -0.05) is 19.9 Å². The maximum Gasteiger partial charge on any atom is 0.256 e. The molecule has 19 heavy (non-hydrogen) atoms. The van der Waals surface area contributed by atoms with Gasteiger partial charge >= 0.3 is 0 Å². The number of piperidine rings is 1. The molecule has 0 unspecified atom stereocenters. The van der Waals surface area contributed by atoms with Gasteiger partial charge in [-0.05, 0) is 30.4 Å². The number of hydrogen-bond donors (Lipinski definition) is 1. The molecule has 2 N–H and O–H groups in total. The molecule has 1 aliphatic rings. The lowest BCUT2D eigenvalue weighted by atomic mass is 9.84. The Hall–Kier alpha value is -1.71. The van der Waals surface area contributed by atoms with E-state index in [9.17, 15) is 4.79 Å². The van der Waals surface area contributed by atoms with Gasteiger partial charge in [0.25, 0.3) is 5.91 Å². The number of benzene rings is 1. The molecule has 0 saturated carbocycles. The van der Waals surface area contributed by atoms with Gasteiger partial charge in [0.15, 0.2) is 0 Å². The van der Waals surface area contributed by atoms with Crippen molar-refractivity contribution in [1.82, 2.24) is 4.90 Å². The molecule has 104 valence electrons. The van der Waals surface area contributed by atoms with Crippen LogP contribution in [0.2, 0.25) is 0 Å². The van der Waals surface area contributed by atoms with Gasteiger partial charge in [-0.15, -0.1) is 0 Å². The van der Waals surface area contributed by atoms with Crippen molar-refractivity contribution in [3.05, 3.63) is 23.8 Å². The van der Waals surface area contributed by atoms with Gasteiger partial charge in [-0.3, -0.25) is 4.79 Å². The SMILES string of the molecule is COc1cccc(C(=O)N2CCCC(C)(C)C2)c1N. The van der Waals surface area contributed by atoms with E-state index in [1.807, 2.05) is 4.90 Å². The molecule has 1 fully saturated rings. The third-order valence-corrected chi connectivity index (χ3v) is 3.70. The molecule has 1 aliphatic heterocycles. The van der Waals surface area contributed by atoms with Crippen LogP contribution in [0.15, 0.2) is 18.2 Å². The van der Waals surface area contributed by atoms with Crippen LogP contribution in [-0.4, -0.2) is 31.0 Å². The molecular formula is C15H22N2O2. The summed E-state index contributed by atoms with van der Waals surface area (Å²) in [5, 5.41) is 0. The van der Waals surface area contributed by atoms with Crippen LogP contribution in [0.1, 0.15) is 37.0 Å². The van der Waals surface area contributed by atoms with Crippen molar-refractivity contribution in [2.24, 2.45) is 5.41 Å². The number of amides is 1. The lowest BCUT2D eigenvalue weighted by Gasteiger charge is -2.38. The zero-order valence-corrected chi connectivity index (χ0v) is 11.9. The van der Waals surface area contributed by atoms with E-state index in [4.69, 9.17) is 10.5 Å². The van der Waals surface area contributed by atoms with Crippen molar-refractivity contribution in [1.29, 1.82) is 0 Å². The standard InChI is InChI=1S/C15H22N2O2/c1-15(2)8-5-9-17(10-15)14(18)11-6-4-7-12(19-3)13(11)16/h4,6-7H,5,8-10,16H2,1-3H3. The fraction of sp³-hybridized carbons (Fsp3) is 0.533. The molecule has 4 nitrogen and oxygen atoms in total. The molecule has 2 rings (SSSR count). The third-order valence-electron chi connectivity index (χ3n) is 3.70. The molecule has 1 amide bonds. The molecule has 1 heterocycles. The summed E-state index contributed by atoms with van der Waals surface area (Å²) in [6, 6.07) is 5.34. The molecule has 1 saturated heterocycles. The minimum absolute atomic E-state index is 0.00387. The third kappa shape index (κ3) is 2.83. The fourth-order valence-electron chi connectivity index (χ4n) is 2.68. The number of carbonyl (C=O) groups excluding carboxylic acids is 1. The molecule has 4 heteroatoms. The monoisotopic (exact) mass is 262 g/mol. The Morgan fingerprint density at radius 3 is 2.79 bits per heavy atom. The Morgan fingerprint density at radius 2 is 2.16 bits per heavy atom.